The highest BCUT2D eigenvalue weighted by Gasteiger charge is 1.98. The molecule has 0 unspecified atom stereocenters. The van der Waals surface area contributed by atoms with Gasteiger partial charge < -0.3 is 0 Å². The Balaban J connectivity index is 2.79. The predicted octanol–water partition coefficient (Wildman–Crippen LogP) is 3.77. The maximum atomic E-state index is 4.08. The molecule has 71 valence electrons. The Kier molecular flexibility index (Phi) is 4.01. The molecular weight excluding hydrogens is 156 g/mol. The van der Waals surface area contributed by atoms with Crippen LogP contribution in [0.5, 0.6) is 0 Å². The van der Waals surface area contributed by atoms with Crippen LogP contribution in [0.4, 0.5) is 0 Å². The lowest BCUT2D eigenvalue weighted by Gasteiger charge is -2.06. The lowest BCUT2D eigenvalue weighted by Crippen LogP contribution is -1.91. The minimum absolute atomic E-state index is 1.16. The van der Waals surface area contributed by atoms with Crippen molar-refractivity contribution in [2.75, 3.05) is 0 Å². The van der Waals surface area contributed by atoms with E-state index in [1.165, 1.54) is 36.0 Å². The number of hydrogen-bond donors (Lipinski definition) is 0. The molecule has 0 nitrogen and oxygen atoms in total. The fraction of sp³-hybridized carbons (Fsp3) is 0.462. The molecule has 0 aliphatic carbocycles. The van der Waals surface area contributed by atoms with E-state index >= 15 is 0 Å². The summed E-state index contributed by atoms with van der Waals surface area (Å²) >= 11 is 0. The Morgan fingerprint density at radius 1 is 1.08 bits per heavy atom. The second kappa shape index (κ2) is 5.06. The molecule has 0 saturated heterocycles. The molecule has 0 spiro atoms. The second-order valence-corrected chi connectivity index (χ2v) is 3.60. The molecule has 0 heterocycles. The minimum atomic E-state index is 1.16. The lowest BCUT2D eigenvalue weighted by atomic mass is 10.00. The van der Waals surface area contributed by atoms with Crippen molar-refractivity contribution in [1.29, 1.82) is 0 Å². The molecule has 0 aliphatic rings. The third-order valence-electron chi connectivity index (χ3n) is 2.33. The Morgan fingerprint density at radius 2 is 1.77 bits per heavy atom. The molecular formula is C13H19. The summed E-state index contributed by atoms with van der Waals surface area (Å²) < 4.78 is 0. The van der Waals surface area contributed by atoms with Gasteiger partial charge >= 0.3 is 0 Å². The maximum Gasteiger partial charge on any atom is -0.0235 e. The smallest absolute Gasteiger partial charge is 0.0235 e. The summed E-state index contributed by atoms with van der Waals surface area (Å²) in [4.78, 5) is 0. The number of aryl methyl sites for hydroxylation is 2. The topological polar surface area (TPSA) is 0 Å². The first kappa shape index (κ1) is 10.3. The Morgan fingerprint density at radius 3 is 2.31 bits per heavy atom. The summed E-state index contributed by atoms with van der Waals surface area (Å²) in [5.74, 6) is 0. The highest BCUT2D eigenvalue weighted by molar-refractivity contribution is 5.34. The Hall–Kier alpha value is -0.780. The van der Waals surface area contributed by atoms with Gasteiger partial charge in [-0.2, -0.15) is 0 Å². The van der Waals surface area contributed by atoms with Gasteiger partial charge in [0.1, 0.15) is 0 Å². The van der Waals surface area contributed by atoms with E-state index in [9.17, 15) is 0 Å². The molecule has 1 radical (unpaired) electrons. The zero-order valence-corrected chi connectivity index (χ0v) is 8.77. The van der Waals surface area contributed by atoms with Crippen LogP contribution in [0, 0.1) is 6.92 Å². The van der Waals surface area contributed by atoms with Crippen molar-refractivity contribution in [2.24, 2.45) is 0 Å². The Labute approximate surface area is 82.0 Å². The first-order valence-corrected chi connectivity index (χ1v) is 5.21. The summed E-state index contributed by atoms with van der Waals surface area (Å²) in [5.41, 5.74) is 4.04. The van der Waals surface area contributed by atoms with E-state index < -0.39 is 0 Å². The summed E-state index contributed by atoms with van der Waals surface area (Å²) in [6, 6.07) is 6.70. The number of rotatable bonds is 4. The van der Waals surface area contributed by atoms with E-state index in [2.05, 4.69) is 39.0 Å². The molecule has 0 N–H and O–H groups in total. The van der Waals surface area contributed by atoms with E-state index in [0.717, 1.165) is 6.42 Å². The predicted molar refractivity (Wildman–Crippen MR) is 58.9 cm³/mol. The molecule has 0 atom stereocenters. The van der Waals surface area contributed by atoms with E-state index in [1.807, 2.05) is 0 Å². The quantitative estimate of drug-likeness (QED) is 0.653. The fourth-order valence-electron chi connectivity index (χ4n) is 1.64. The van der Waals surface area contributed by atoms with Crippen LogP contribution < -0.4 is 0 Å². The van der Waals surface area contributed by atoms with Crippen LogP contribution in [0.3, 0.4) is 0 Å². The monoisotopic (exact) mass is 175 g/mol. The largest absolute Gasteiger partial charge is 0.0651 e. The van der Waals surface area contributed by atoms with Crippen molar-refractivity contribution < 1.29 is 0 Å². The van der Waals surface area contributed by atoms with Gasteiger partial charge in [-0.1, -0.05) is 44.9 Å². The molecule has 0 amide bonds. The molecule has 0 aromatic heterocycles. The molecule has 13 heavy (non-hydrogen) atoms. The van der Waals surface area contributed by atoms with Crippen LogP contribution in [-0.4, -0.2) is 0 Å². The van der Waals surface area contributed by atoms with Gasteiger partial charge in [-0.15, -0.1) is 0 Å². The summed E-state index contributed by atoms with van der Waals surface area (Å²) in [7, 11) is 0. The van der Waals surface area contributed by atoms with Crippen molar-refractivity contribution in [2.45, 2.75) is 39.5 Å². The Bertz CT molecular complexity index is 261. The fourth-order valence-corrected chi connectivity index (χ4v) is 1.64. The standard InChI is InChI=1S/C13H19/c1-4-6-12-8-9-13(7-5-2)11(3)10-12/h8-10H,3-7H2,1-2H3. The average Bonchev–Trinajstić information content (AvgIpc) is 2.10. The summed E-state index contributed by atoms with van der Waals surface area (Å²) in [6.07, 6.45) is 4.75. The molecule has 0 fully saturated rings. The third kappa shape index (κ3) is 2.87. The second-order valence-electron chi connectivity index (χ2n) is 3.60. The van der Waals surface area contributed by atoms with E-state index in [-0.39, 0.29) is 0 Å². The van der Waals surface area contributed by atoms with E-state index in [1.54, 1.807) is 0 Å². The van der Waals surface area contributed by atoms with Crippen molar-refractivity contribution in [1.82, 2.24) is 0 Å². The third-order valence-corrected chi connectivity index (χ3v) is 2.33. The first-order chi connectivity index (χ1) is 6.27. The SMILES string of the molecule is [CH2]c1cc(CCC)ccc1CCC. The van der Waals surface area contributed by atoms with Crippen LogP contribution >= 0.6 is 0 Å². The molecule has 1 aromatic carbocycles. The van der Waals surface area contributed by atoms with E-state index in [4.69, 9.17) is 0 Å². The summed E-state index contributed by atoms with van der Waals surface area (Å²) in [5, 5.41) is 0. The van der Waals surface area contributed by atoms with Crippen LogP contribution in [0.2, 0.25) is 0 Å². The molecule has 0 aliphatic heterocycles. The lowest BCUT2D eigenvalue weighted by molar-refractivity contribution is 0.900. The van der Waals surface area contributed by atoms with Crippen molar-refractivity contribution in [3.8, 4) is 0 Å². The van der Waals surface area contributed by atoms with Crippen LogP contribution in [0.1, 0.15) is 43.4 Å². The van der Waals surface area contributed by atoms with Crippen LogP contribution in [0.25, 0.3) is 0 Å². The van der Waals surface area contributed by atoms with Crippen molar-refractivity contribution in [3.05, 3.63) is 41.8 Å². The highest BCUT2D eigenvalue weighted by Crippen LogP contribution is 2.14. The van der Waals surface area contributed by atoms with Gasteiger partial charge in [-0.25, -0.2) is 0 Å². The highest BCUT2D eigenvalue weighted by atomic mass is 14.0. The van der Waals surface area contributed by atoms with Crippen molar-refractivity contribution >= 4 is 0 Å². The first-order valence-electron chi connectivity index (χ1n) is 5.21. The van der Waals surface area contributed by atoms with Gasteiger partial charge in [-0.3, -0.25) is 0 Å². The zero-order valence-electron chi connectivity index (χ0n) is 8.77. The molecule has 1 aromatic rings. The van der Waals surface area contributed by atoms with Gasteiger partial charge in [0.15, 0.2) is 0 Å². The average molecular weight is 175 g/mol. The maximum absolute atomic E-state index is 4.08. The van der Waals surface area contributed by atoms with Gasteiger partial charge in [-0.05, 0) is 36.5 Å². The number of benzene rings is 1. The zero-order chi connectivity index (χ0) is 9.68. The summed E-state index contributed by atoms with van der Waals surface area (Å²) in [6.45, 7) is 8.50. The van der Waals surface area contributed by atoms with Gasteiger partial charge in [0, 0.05) is 0 Å². The van der Waals surface area contributed by atoms with Gasteiger partial charge in [0.2, 0.25) is 0 Å². The number of hydrogen-bond acceptors (Lipinski definition) is 0. The van der Waals surface area contributed by atoms with Gasteiger partial charge in [0.25, 0.3) is 0 Å². The molecule has 0 saturated carbocycles. The molecule has 0 bridgehead atoms. The van der Waals surface area contributed by atoms with Crippen molar-refractivity contribution in [3.63, 3.8) is 0 Å². The minimum Gasteiger partial charge on any atom is -0.0651 e. The van der Waals surface area contributed by atoms with Gasteiger partial charge in [0.05, 0.1) is 0 Å². The van der Waals surface area contributed by atoms with Crippen LogP contribution in [-0.2, 0) is 12.8 Å². The van der Waals surface area contributed by atoms with Crippen LogP contribution in [0.15, 0.2) is 18.2 Å². The molecule has 1 rings (SSSR count). The molecule has 0 heteroatoms. The van der Waals surface area contributed by atoms with E-state index in [0.29, 0.717) is 0 Å². The normalized spacial score (nSPS) is 10.4.